The van der Waals surface area contributed by atoms with Gasteiger partial charge in [0.2, 0.25) is 11.8 Å². The Morgan fingerprint density at radius 1 is 1.15 bits per heavy atom. The van der Waals surface area contributed by atoms with E-state index < -0.39 is 36.0 Å². The number of amidine groups is 1. The predicted octanol–water partition coefficient (Wildman–Crippen LogP) is 2.62. The molecule has 11 heteroatoms. The van der Waals surface area contributed by atoms with Gasteiger partial charge in [-0.3, -0.25) is 15.0 Å². The summed E-state index contributed by atoms with van der Waals surface area (Å²) < 4.78 is 40.7. The molecule has 0 saturated heterocycles. The minimum Gasteiger partial charge on any atom is -0.395 e. The summed E-state index contributed by atoms with van der Waals surface area (Å²) in [4.78, 5) is 25.6. The maximum atomic E-state index is 13.6. The molecular weight excluding hydrogens is 439 g/mol. The first-order chi connectivity index (χ1) is 15.4. The van der Waals surface area contributed by atoms with Crippen LogP contribution in [0.5, 0.6) is 0 Å². The first-order valence-corrected chi connectivity index (χ1v) is 9.99. The van der Waals surface area contributed by atoms with Crippen molar-refractivity contribution in [2.24, 2.45) is 5.73 Å². The van der Waals surface area contributed by atoms with Crippen LogP contribution < -0.4 is 21.3 Å². The van der Waals surface area contributed by atoms with Gasteiger partial charge in [0.25, 0.3) is 0 Å². The Kier molecular flexibility index (Phi) is 8.41. The van der Waals surface area contributed by atoms with Crippen LogP contribution >= 0.6 is 0 Å². The maximum absolute atomic E-state index is 13.6. The molecule has 0 bridgehead atoms. The first-order valence-electron chi connectivity index (χ1n) is 9.99. The van der Waals surface area contributed by atoms with Crippen molar-refractivity contribution in [2.75, 3.05) is 30.4 Å². The molecule has 0 aliphatic rings. The molecule has 2 rings (SSSR count). The first kappa shape index (κ1) is 25.7. The van der Waals surface area contributed by atoms with Gasteiger partial charge < -0.3 is 26.4 Å². The van der Waals surface area contributed by atoms with Gasteiger partial charge in [0, 0.05) is 30.5 Å². The highest BCUT2D eigenvalue weighted by Crippen LogP contribution is 2.37. The summed E-state index contributed by atoms with van der Waals surface area (Å²) in [6.45, 7) is 1.25. The van der Waals surface area contributed by atoms with E-state index >= 15 is 0 Å². The number of amides is 2. The van der Waals surface area contributed by atoms with Crippen molar-refractivity contribution < 1.29 is 27.9 Å². The highest BCUT2D eigenvalue weighted by Gasteiger charge is 2.35. The van der Waals surface area contributed by atoms with Crippen molar-refractivity contribution in [1.29, 1.82) is 5.41 Å². The molecule has 6 N–H and O–H groups in total. The lowest BCUT2D eigenvalue weighted by atomic mass is 10.0. The second-order valence-electron chi connectivity index (χ2n) is 7.42. The van der Waals surface area contributed by atoms with E-state index in [2.05, 4.69) is 10.6 Å². The molecule has 0 radical (unpaired) electrons. The van der Waals surface area contributed by atoms with E-state index in [4.69, 9.17) is 16.2 Å². The molecule has 8 nitrogen and oxygen atoms in total. The van der Waals surface area contributed by atoms with E-state index in [-0.39, 0.29) is 30.2 Å². The number of aliphatic hydroxyl groups is 1. The topological polar surface area (TPSA) is 132 Å². The fraction of sp³-hybridized carbons (Fsp3) is 0.318. The molecule has 2 amide bonds. The quantitative estimate of drug-likeness (QED) is 0.221. The van der Waals surface area contributed by atoms with Crippen molar-refractivity contribution in [1.82, 2.24) is 5.32 Å². The average molecular weight is 465 g/mol. The van der Waals surface area contributed by atoms with Crippen LogP contribution in [0.2, 0.25) is 0 Å². The molecule has 0 aliphatic carbocycles. The van der Waals surface area contributed by atoms with E-state index in [1.165, 1.54) is 43.1 Å². The highest BCUT2D eigenvalue weighted by molar-refractivity contribution is 6.04. The van der Waals surface area contributed by atoms with Crippen LogP contribution in [-0.4, -0.2) is 43.0 Å². The summed E-state index contributed by atoms with van der Waals surface area (Å²) in [6, 6.07) is 9.06. The molecule has 2 aromatic rings. The smallest absolute Gasteiger partial charge is 0.395 e. The van der Waals surface area contributed by atoms with Crippen LogP contribution in [0.15, 0.2) is 42.5 Å². The van der Waals surface area contributed by atoms with Crippen molar-refractivity contribution in [3.63, 3.8) is 0 Å². The van der Waals surface area contributed by atoms with E-state index in [0.29, 0.717) is 11.3 Å². The number of likely N-dealkylation sites (N-methyl/N-ethyl adjacent to an activating group) is 1. The minimum atomic E-state index is -4.63. The van der Waals surface area contributed by atoms with Crippen molar-refractivity contribution in [2.45, 2.75) is 25.6 Å². The molecule has 33 heavy (non-hydrogen) atoms. The Bertz CT molecular complexity index is 1010. The number of benzene rings is 2. The zero-order valence-corrected chi connectivity index (χ0v) is 18.2. The summed E-state index contributed by atoms with van der Waals surface area (Å²) in [6.07, 6.45) is -5.15. The fourth-order valence-electron chi connectivity index (χ4n) is 3.11. The van der Waals surface area contributed by atoms with E-state index in [0.717, 1.165) is 6.07 Å². The van der Waals surface area contributed by atoms with Crippen LogP contribution in [0.3, 0.4) is 0 Å². The van der Waals surface area contributed by atoms with Crippen LogP contribution in [0.4, 0.5) is 24.5 Å². The number of nitrogens with one attached hydrogen (secondary N) is 3. The maximum Gasteiger partial charge on any atom is 0.418 e. The lowest BCUT2D eigenvalue weighted by molar-refractivity contribution is -0.137. The number of nitrogens with zero attached hydrogens (tertiary/aromatic N) is 1. The molecule has 0 aliphatic heterocycles. The normalized spacial score (nSPS) is 12.1. The molecule has 0 fully saturated rings. The second kappa shape index (κ2) is 10.8. The molecule has 0 heterocycles. The molecular formula is C22H26F3N5O3. The van der Waals surface area contributed by atoms with Gasteiger partial charge in [-0.25, -0.2) is 0 Å². The Labute approximate surface area is 189 Å². The average Bonchev–Trinajstić information content (AvgIpc) is 2.73. The molecule has 0 unspecified atom stereocenters. The molecule has 0 spiro atoms. The molecule has 0 saturated carbocycles. The Hall–Kier alpha value is -3.60. The summed E-state index contributed by atoms with van der Waals surface area (Å²) in [7, 11) is 1.44. The standard InChI is InChI=1S/C22H26F3N5O3/c1-13(15-5-8-18(30(2)9-10-31)17(11-15)22(23,24)25)28-19(32)12-20(33)29-16-6-3-14(4-7-16)21(26)27/h3-8,11,13,31H,9-10,12H2,1-2H3,(H3,26,27)(H,28,32)(H,29,33)/t13-/m0/s1. The zero-order chi connectivity index (χ0) is 24.8. The van der Waals surface area contributed by atoms with Gasteiger partial charge in [-0.1, -0.05) is 6.07 Å². The molecule has 178 valence electrons. The van der Waals surface area contributed by atoms with Crippen molar-refractivity contribution >= 4 is 29.0 Å². The third-order valence-corrected chi connectivity index (χ3v) is 4.85. The third-order valence-electron chi connectivity index (χ3n) is 4.85. The summed E-state index contributed by atoms with van der Waals surface area (Å²) in [5, 5.41) is 21.4. The number of halogens is 3. The third kappa shape index (κ3) is 7.21. The summed E-state index contributed by atoms with van der Waals surface area (Å²) in [5.41, 5.74) is 5.49. The van der Waals surface area contributed by atoms with Gasteiger partial charge >= 0.3 is 6.18 Å². The van der Waals surface area contributed by atoms with Crippen molar-refractivity contribution in [3.8, 4) is 0 Å². The number of rotatable bonds is 9. The van der Waals surface area contributed by atoms with E-state index in [1.807, 2.05) is 0 Å². The van der Waals surface area contributed by atoms with Crippen LogP contribution in [-0.2, 0) is 15.8 Å². The van der Waals surface area contributed by atoms with Gasteiger partial charge in [-0.2, -0.15) is 13.2 Å². The number of nitrogens with two attached hydrogens (primary N) is 1. The zero-order valence-electron chi connectivity index (χ0n) is 18.2. The van der Waals surface area contributed by atoms with E-state index in [9.17, 15) is 22.8 Å². The monoisotopic (exact) mass is 465 g/mol. The van der Waals surface area contributed by atoms with Crippen LogP contribution in [0, 0.1) is 5.41 Å². The Morgan fingerprint density at radius 3 is 2.33 bits per heavy atom. The van der Waals surface area contributed by atoms with Gasteiger partial charge in [0.05, 0.1) is 18.2 Å². The number of hydrogen-bond donors (Lipinski definition) is 5. The molecule has 0 aromatic heterocycles. The Balaban J connectivity index is 2.04. The minimum absolute atomic E-state index is 0.0291. The van der Waals surface area contributed by atoms with Gasteiger partial charge in [-0.15, -0.1) is 0 Å². The van der Waals surface area contributed by atoms with Gasteiger partial charge in [0.1, 0.15) is 12.3 Å². The van der Waals surface area contributed by atoms with Crippen molar-refractivity contribution in [3.05, 3.63) is 59.2 Å². The molecule has 1 atom stereocenters. The second-order valence-corrected chi connectivity index (χ2v) is 7.42. The number of alkyl halides is 3. The number of nitrogen functional groups attached to an aromatic ring is 1. The summed E-state index contributed by atoms with van der Waals surface area (Å²) >= 11 is 0. The predicted molar refractivity (Wildman–Crippen MR) is 119 cm³/mol. The van der Waals surface area contributed by atoms with Gasteiger partial charge in [-0.05, 0) is 48.9 Å². The number of anilines is 2. The number of hydrogen-bond acceptors (Lipinski definition) is 5. The summed E-state index contributed by atoms with van der Waals surface area (Å²) in [5.74, 6) is -1.38. The van der Waals surface area contributed by atoms with Crippen LogP contribution in [0.25, 0.3) is 0 Å². The van der Waals surface area contributed by atoms with Crippen LogP contribution in [0.1, 0.15) is 36.1 Å². The number of carbonyl (C=O) groups is 2. The Morgan fingerprint density at radius 2 is 1.79 bits per heavy atom. The van der Waals surface area contributed by atoms with Gasteiger partial charge in [0.15, 0.2) is 0 Å². The lowest BCUT2D eigenvalue weighted by Gasteiger charge is -2.24. The molecule has 2 aromatic carbocycles. The highest BCUT2D eigenvalue weighted by atomic mass is 19.4. The lowest BCUT2D eigenvalue weighted by Crippen LogP contribution is -2.30. The largest absolute Gasteiger partial charge is 0.418 e. The SMILES string of the molecule is C[C@H](NC(=O)CC(=O)Nc1ccc(C(=N)N)cc1)c1ccc(N(C)CCO)c(C(F)(F)F)c1. The number of aliphatic hydroxyl groups excluding tert-OH is 1. The fourth-order valence-corrected chi connectivity index (χ4v) is 3.11. The van der Waals surface area contributed by atoms with E-state index in [1.54, 1.807) is 12.1 Å². The number of carbonyl (C=O) groups excluding carboxylic acids is 2.